The van der Waals surface area contributed by atoms with Gasteiger partial charge in [0, 0.05) is 17.3 Å². The van der Waals surface area contributed by atoms with Crippen molar-refractivity contribution in [2.45, 2.75) is 32.9 Å². The first kappa shape index (κ1) is 18.5. The molecule has 6 heteroatoms. The third kappa shape index (κ3) is 3.01. The number of hydrogen-bond donors (Lipinski definition) is 0. The number of aliphatic imine (C=N–C) groups is 1. The Morgan fingerprint density at radius 1 is 1.19 bits per heavy atom. The number of nitrogens with zero attached hydrogens (tertiary/aromatic N) is 2. The molecule has 26 heavy (non-hydrogen) atoms. The molecule has 0 aromatic heterocycles. The second kappa shape index (κ2) is 7.16. The molecular formula is C20H19ClF2N2O. The highest BCUT2D eigenvalue weighted by Gasteiger charge is 2.32. The Labute approximate surface area is 156 Å². The first-order valence-corrected chi connectivity index (χ1v) is 8.76. The van der Waals surface area contributed by atoms with E-state index < -0.39 is 17.7 Å². The minimum Gasteiger partial charge on any atom is -0.357 e. The average molecular weight is 377 g/mol. The quantitative estimate of drug-likeness (QED) is 0.735. The van der Waals surface area contributed by atoms with Crippen molar-refractivity contribution in [3.05, 3.63) is 63.7 Å². The molecule has 3 rings (SSSR count). The summed E-state index contributed by atoms with van der Waals surface area (Å²) in [5.41, 5.74) is 1.78. The van der Waals surface area contributed by atoms with Gasteiger partial charge in [-0.3, -0.25) is 4.99 Å². The Hall–Kier alpha value is -2.27. The van der Waals surface area contributed by atoms with E-state index in [2.05, 4.69) is 4.99 Å². The molecule has 0 radical (unpaired) electrons. The first-order chi connectivity index (χ1) is 12.4. The molecule has 1 aliphatic heterocycles. The summed E-state index contributed by atoms with van der Waals surface area (Å²) < 4.78 is 29.0. The lowest BCUT2D eigenvalue weighted by molar-refractivity contribution is -0.108. The molecule has 0 spiro atoms. The summed E-state index contributed by atoms with van der Waals surface area (Å²) in [7, 11) is 0. The molecule has 0 aliphatic carbocycles. The van der Waals surface area contributed by atoms with Gasteiger partial charge in [0.25, 0.3) is 0 Å². The average Bonchev–Trinajstić information content (AvgIpc) is 2.75. The Morgan fingerprint density at radius 3 is 2.42 bits per heavy atom. The molecule has 0 amide bonds. The van der Waals surface area contributed by atoms with E-state index in [-0.39, 0.29) is 23.9 Å². The Balaban J connectivity index is 2.37. The summed E-state index contributed by atoms with van der Waals surface area (Å²) in [5, 5.41) is 0.376. The number of halogens is 3. The number of anilines is 1. The molecule has 2 aromatic carbocycles. The summed E-state index contributed by atoms with van der Waals surface area (Å²) in [6.45, 7) is 5.81. The normalized spacial score (nSPS) is 17.0. The van der Waals surface area contributed by atoms with Crippen molar-refractivity contribution in [2.24, 2.45) is 4.99 Å². The van der Waals surface area contributed by atoms with E-state index in [4.69, 9.17) is 11.6 Å². The molecule has 0 saturated heterocycles. The van der Waals surface area contributed by atoms with Crippen LogP contribution in [0.15, 0.2) is 35.3 Å². The Bertz CT molecular complexity index is 875. The van der Waals surface area contributed by atoms with Gasteiger partial charge in [0.1, 0.15) is 24.0 Å². The van der Waals surface area contributed by atoms with Crippen LogP contribution in [0.1, 0.15) is 30.5 Å². The summed E-state index contributed by atoms with van der Waals surface area (Å²) in [5.74, 6) is -1.43. The zero-order valence-corrected chi connectivity index (χ0v) is 15.5. The minimum absolute atomic E-state index is 0.0252. The third-order valence-corrected chi connectivity index (χ3v) is 5.02. The van der Waals surface area contributed by atoms with Crippen LogP contribution < -0.4 is 4.90 Å². The number of hydrogen-bond acceptors (Lipinski definition) is 3. The number of rotatable bonds is 3. The van der Waals surface area contributed by atoms with E-state index in [1.165, 1.54) is 18.2 Å². The van der Waals surface area contributed by atoms with Crippen LogP contribution in [0.3, 0.4) is 0 Å². The van der Waals surface area contributed by atoms with Gasteiger partial charge in [0.2, 0.25) is 0 Å². The highest BCUT2D eigenvalue weighted by molar-refractivity contribution is 6.37. The lowest BCUT2D eigenvalue weighted by atomic mass is 9.96. The second-order valence-electron chi connectivity index (χ2n) is 6.58. The molecule has 0 saturated carbocycles. The number of carbonyl (C=O) groups is 1. The molecule has 0 fully saturated rings. The maximum atomic E-state index is 14.5. The van der Waals surface area contributed by atoms with E-state index in [1.807, 2.05) is 37.8 Å². The Morgan fingerprint density at radius 2 is 1.85 bits per heavy atom. The van der Waals surface area contributed by atoms with Gasteiger partial charge < -0.3 is 9.69 Å². The van der Waals surface area contributed by atoms with Crippen molar-refractivity contribution >= 4 is 29.3 Å². The predicted octanol–water partition coefficient (Wildman–Crippen LogP) is 4.56. The van der Waals surface area contributed by atoms with Crippen molar-refractivity contribution in [1.29, 1.82) is 0 Å². The van der Waals surface area contributed by atoms with Crippen LogP contribution in [-0.2, 0) is 4.79 Å². The standard InChI is InChI=1S/C20H19ClF2N2O/c1-11(2)25-13(10-26)9-24-20(17-14(22)5-4-6-15(17)23)18-16(25)8-7-12(3)19(18)21/h4-8,10-11,13H,9H2,1-3H3. The summed E-state index contributed by atoms with van der Waals surface area (Å²) >= 11 is 6.55. The van der Waals surface area contributed by atoms with E-state index in [1.54, 1.807) is 0 Å². The van der Waals surface area contributed by atoms with E-state index in [9.17, 15) is 13.6 Å². The number of benzodiazepines with no additional fused rings is 1. The lowest BCUT2D eigenvalue weighted by Gasteiger charge is -2.33. The van der Waals surface area contributed by atoms with Crippen LogP contribution in [-0.4, -0.2) is 30.6 Å². The largest absolute Gasteiger partial charge is 0.357 e. The van der Waals surface area contributed by atoms with Gasteiger partial charge in [-0.15, -0.1) is 0 Å². The molecule has 1 aliphatic rings. The van der Waals surface area contributed by atoms with Gasteiger partial charge in [0.05, 0.1) is 22.8 Å². The van der Waals surface area contributed by atoms with Crippen LogP contribution in [0.5, 0.6) is 0 Å². The molecule has 1 heterocycles. The van der Waals surface area contributed by atoms with Crippen molar-refractivity contribution in [3.8, 4) is 0 Å². The number of benzene rings is 2. The molecule has 3 nitrogen and oxygen atoms in total. The Kier molecular flexibility index (Phi) is 5.10. The molecule has 0 bridgehead atoms. The fraction of sp³-hybridized carbons (Fsp3) is 0.300. The second-order valence-corrected chi connectivity index (χ2v) is 6.96. The van der Waals surface area contributed by atoms with Gasteiger partial charge in [-0.1, -0.05) is 23.7 Å². The molecule has 136 valence electrons. The number of aryl methyl sites for hydroxylation is 1. The maximum absolute atomic E-state index is 14.5. The molecule has 0 N–H and O–H groups in total. The zero-order chi connectivity index (χ0) is 19.0. The molecule has 1 unspecified atom stereocenters. The highest BCUT2D eigenvalue weighted by atomic mass is 35.5. The summed E-state index contributed by atoms with van der Waals surface area (Å²) in [4.78, 5) is 18.0. The van der Waals surface area contributed by atoms with E-state index >= 15 is 0 Å². The van der Waals surface area contributed by atoms with Crippen molar-refractivity contribution in [3.63, 3.8) is 0 Å². The van der Waals surface area contributed by atoms with Crippen molar-refractivity contribution in [2.75, 3.05) is 11.4 Å². The minimum atomic E-state index is -0.715. The molecule has 1 atom stereocenters. The number of carbonyl (C=O) groups excluding carboxylic acids is 1. The van der Waals surface area contributed by atoms with Gasteiger partial charge in [-0.2, -0.15) is 0 Å². The van der Waals surface area contributed by atoms with Gasteiger partial charge in [-0.05, 0) is 44.5 Å². The van der Waals surface area contributed by atoms with E-state index in [0.29, 0.717) is 16.3 Å². The molecule has 2 aromatic rings. The smallest absolute Gasteiger partial charge is 0.144 e. The SMILES string of the molecule is Cc1ccc2c(c1Cl)C(c1c(F)cccc1F)=NCC(C=O)N2C(C)C. The fourth-order valence-corrected chi connectivity index (χ4v) is 3.59. The summed E-state index contributed by atoms with van der Waals surface area (Å²) in [6.07, 6.45) is 0.807. The van der Waals surface area contributed by atoms with Crippen LogP contribution >= 0.6 is 11.6 Å². The highest BCUT2D eigenvalue weighted by Crippen LogP contribution is 2.37. The molecular weight excluding hydrogens is 358 g/mol. The van der Waals surface area contributed by atoms with Gasteiger partial charge >= 0.3 is 0 Å². The van der Waals surface area contributed by atoms with Crippen LogP contribution in [0, 0.1) is 18.6 Å². The fourth-order valence-electron chi connectivity index (χ4n) is 3.34. The summed E-state index contributed by atoms with van der Waals surface area (Å²) in [6, 6.07) is 6.77. The zero-order valence-electron chi connectivity index (χ0n) is 14.8. The third-order valence-electron chi connectivity index (χ3n) is 4.53. The monoisotopic (exact) mass is 376 g/mol. The van der Waals surface area contributed by atoms with Crippen LogP contribution in [0.25, 0.3) is 0 Å². The number of fused-ring (bicyclic) bond motifs is 1. The first-order valence-electron chi connectivity index (χ1n) is 8.38. The van der Waals surface area contributed by atoms with Crippen molar-refractivity contribution < 1.29 is 13.6 Å². The maximum Gasteiger partial charge on any atom is 0.144 e. The van der Waals surface area contributed by atoms with Gasteiger partial charge in [-0.25, -0.2) is 8.78 Å². The van der Waals surface area contributed by atoms with Crippen LogP contribution in [0.2, 0.25) is 5.02 Å². The lowest BCUT2D eigenvalue weighted by Crippen LogP contribution is -2.43. The van der Waals surface area contributed by atoms with Gasteiger partial charge in [0.15, 0.2) is 0 Å². The predicted molar refractivity (Wildman–Crippen MR) is 101 cm³/mol. The topological polar surface area (TPSA) is 32.7 Å². The van der Waals surface area contributed by atoms with Crippen LogP contribution in [0.4, 0.5) is 14.5 Å². The number of aldehydes is 1. The van der Waals surface area contributed by atoms with Crippen molar-refractivity contribution in [1.82, 2.24) is 0 Å². The van der Waals surface area contributed by atoms with E-state index in [0.717, 1.165) is 11.8 Å².